The molecule has 0 spiro atoms. The van der Waals surface area contributed by atoms with Crippen LogP contribution in [0.1, 0.15) is 34.1 Å². The van der Waals surface area contributed by atoms with Crippen molar-refractivity contribution in [3.63, 3.8) is 0 Å². The summed E-state index contributed by atoms with van der Waals surface area (Å²) in [7, 11) is 0. The zero-order valence-electron chi connectivity index (χ0n) is 10.3. The maximum atomic E-state index is 11.4. The lowest BCUT2D eigenvalue weighted by molar-refractivity contribution is -0.122. The first-order chi connectivity index (χ1) is 6.99. The van der Waals surface area contributed by atoms with Gasteiger partial charge >= 0.3 is 0 Å². The van der Waals surface area contributed by atoms with Crippen molar-refractivity contribution in [3.05, 3.63) is 0 Å². The fourth-order valence-electron chi connectivity index (χ4n) is 1.11. The summed E-state index contributed by atoms with van der Waals surface area (Å²) in [5.74, 6) is 0.00823. The van der Waals surface area contributed by atoms with E-state index in [1.165, 1.54) is 0 Å². The number of amides is 1. The van der Waals surface area contributed by atoms with E-state index in [1.807, 2.05) is 27.7 Å². The first-order valence-electron chi connectivity index (χ1n) is 5.61. The Hall–Kier alpha value is -0.610. The van der Waals surface area contributed by atoms with E-state index in [0.717, 1.165) is 6.42 Å². The van der Waals surface area contributed by atoms with Crippen molar-refractivity contribution in [1.82, 2.24) is 10.6 Å². The predicted molar refractivity (Wildman–Crippen MR) is 61.6 cm³/mol. The van der Waals surface area contributed by atoms with Crippen LogP contribution >= 0.6 is 0 Å². The smallest absolute Gasteiger partial charge is 0.236 e. The van der Waals surface area contributed by atoms with E-state index >= 15 is 0 Å². The molecule has 0 aromatic heterocycles. The molecule has 0 heterocycles. The van der Waals surface area contributed by atoms with Gasteiger partial charge in [0.1, 0.15) is 0 Å². The van der Waals surface area contributed by atoms with Crippen LogP contribution in [-0.4, -0.2) is 36.8 Å². The number of aliphatic hydroxyl groups is 1. The highest BCUT2D eigenvalue weighted by Crippen LogP contribution is 2.18. The van der Waals surface area contributed by atoms with Gasteiger partial charge in [0.2, 0.25) is 5.91 Å². The van der Waals surface area contributed by atoms with Crippen molar-refractivity contribution in [2.24, 2.45) is 5.41 Å². The van der Waals surface area contributed by atoms with Gasteiger partial charge < -0.3 is 15.7 Å². The zero-order valence-corrected chi connectivity index (χ0v) is 10.3. The Morgan fingerprint density at radius 2 is 2.07 bits per heavy atom. The van der Waals surface area contributed by atoms with Crippen molar-refractivity contribution in [2.45, 2.75) is 40.2 Å². The third-order valence-electron chi connectivity index (χ3n) is 2.81. The van der Waals surface area contributed by atoms with Crippen LogP contribution in [0.4, 0.5) is 0 Å². The van der Waals surface area contributed by atoms with Gasteiger partial charge in [-0.2, -0.15) is 0 Å². The lowest BCUT2D eigenvalue weighted by Crippen LogP contribution is -2.46. The normalized spacial score (nSPS) is 16.9. The van der Waals surface area contributed by atoms with Gasteiger partial charge in [-0.15, -0.1) is 0 Å². The summed E-state index contributed by atoms with van der Waals surface area (Å²) in [5.41, 5.74) is -0.138. The number of hydrogen-bond acceptors (Lipinski definition) is 3. The van der Waals surface area contributed by atoms with Gasteiger partial charge in [0.25, 0.3) is 0 Å². The first-order valence-corrected chi connectivity index (χ1v) is 5.61. The summed E-state index contributed by atoms with van der Waals surface area (Å²) in [6, 6.07) is -0.206. The minimum atomic E-state index is -0.206. The molecule has 0 radical (unpaired) electrons. The number of aliphatic hydroxyl groups excluding tert-OH is 1. The van der Waals surface area contributed by atoms with Crippen LogP contribution in [0.25, 0.3) is 0 Å². The van der Waals surface area contributed by atoms with Crippen molar-refractivity contribution < 1.29 is 9.90 Å². The molecule has 0 saturated carbocycles. The molecule has 0 aliphatic carbocycles. The Balaban J connectivity index is 3.98. The Morgan fingerprint density at radius 1 is 1.47 bits per heavy atom. The molecule has 0 bridgehead atoms. The molecule has 0 saturated heterocycles. The van der Waals surface area contributed by atoms with Gasteiger partial charge in [0.15, 0.2) is 0 Å². The summed E-state index contributed by atoms with van der Waals surface area (Å²) in [4.78, 5) is 11.4. The zero-order chi connectivity index (χ0) is 11.9. The Bertz CT molecular complexity index is 191. The molecule has 0 aromatic carbocycles. The fourth-order valence-corrected chi connectivity index (χ4v) is 1.11. The van der Waals surface area contributed by atoms with E-state index in [9.17, 15) is 9.90 Å². The molecule has 0 fully saturated rings. The Morgan fingerprint density at radius 3 is 2.47 bits per heavy atom. The van der Waals surface area contributed by atoms with Crippen LogP contribution in [0.5, 0.6) is 0 Å². The average molecular weight is 216 g/mol. The standard InChI is InChI=1S/C11H24N2O2/c1-5-11(4,8-14)7-13-9(3)10(15)12-6-2/h9,13-14H,5-8H2,1-4H3,(H,12,15). The van der Waals surface area contributed by atoms with E-state index in [-0.39, 0.29) is 24.0 Å². The third-order valence-corrected chi connectivity index (χ3v) is 2.81. The van der Waals surface area contributed by atoms with Crippen molar-refractivity contribution in [2.75, 3.05) is 19.7 Å². The Labute approximate surface area is 92.4 Å². The van der Waals surface area contributed by atoms with Gasteiger partial charge in [-0.25, -0.2) is 0 Å². The fraction of sp³-hybridized carbons (Fsp3) is 0.909. The van der Waals surface area contributed by atoms with Crippen molar-refractivity contribution in [1.29, 1.82) is 0 Å². The molecule has 0 aromatic rings. The molecule has 0 aliphatic rings. The Kier molecular flexibility index (Phi) is 6.52. The summed E-state index contributed by atoms with van der Waals surface area (Å²) >= 11 is 0. The SMILES string of the molecule is CCNC(=O)C(C)NCC(C)(CC)CO. The third kappa shape index (κ3) is 5.14. The molecule has 90 valence electrons. The highest BCUT2D eigenvalue weighted by Gasteiger charge is 2.22. The molecule has 15 heavy (non-hydrogen) atoms. The van der Waals surface area contributed by atoms with Crippen LogP contribution in [0.2, 0.25) is 0 Å². The first kappa shape index (κ1) is 14.4. The van der Waals surface area contributed by atoms with Crippen LogP contribution in [0, 0.1) is 5.41 Å². The number of likely N-dealkylation sites (N-methyl/N-ethyl adjacent to an activating group) is 1. The minimum absolute atomic E-state index is 0.00823. The minimum Gasteiger partial charge on any atom is -0.396 e. The molecule has 3 N–H and O–H groups in total. The van der Waals surface area contributed by atoms with Crippen LogP contribution in [0.15, 0.2) is 0 Å². The largest absolute Gasteiger partial charge is 0.396 e. The monoisotopic (exact) mass is 216 g/mol. The molecular formula is C11H24N2O2. The molecule has 0 aliphatic heterocycles. The van der Waals surface area contributed by atoms with Crippen LogP contribution < -0.4 is 10.6 Å². The number of carbonyl (C=O) groups excluding carboxylic acids is 1. The second-order valence-corrected chi connectivity index (χ2v) is 4.32. The average Bonchev–Trinajstić information content (AvgIpc) is 2.25. The maximum absolute atomic E-state index is 11.4. The van der Waals surface area contributed by atoms with E-state index in [2.05, 4.69) is 10.6 Å². The number of rotatable bonds is 7. The van der Waals surface area contributed by atoms with Gasteiger partial charge in [-0.1, -0.05) is 13.8 Å². The number of carbonyl (C=O) groups is 1. The molecule has 4 nitrogen and oxygen atoms in total. The van der Waals surface area contributed by atoms with Crippen molar-refractivity contribution >= 4 is 5.91 Å². The summed E-state index contributed by atoms with van der Waals surface area (Å²) in [5, 5.41) is 15.1. The summed E-state index contributed by atoms with van der Waals surface area (Å²) < 4.78 is 0. The highest BCUT2D eigenvalue weighted by atomic mass is 16.3. The highest BCUT2D eigenvalue weighted by molar-refractivity contribution is 5.81. The molecule has 2 atom stereocenters. The van der Waals surface area contributed by atoms with Gasteiger partial charge in [0.05, 0.1) is 6.04 Å². The lowest BCUT2D eigenvalue weighted by Gasteiger charge is -2.27. The molecular weight excluding hydrogens is 192 g/mol. The second-order valence-electron chi connectivity index (χ2n) is 4.32. The topological polar surface area (TPSA) is 61.4 Å². The lowest BCUT2D eigenvalue weighted by atomic mass is 9.88. The van der Waals surface area contributed by atoms with Gasteiger partial charge in [0, 0.05) is 25.1 Å². The molecule has 0 rings (SSSR count). The quantitative estimate of drug-likeness (QED) is 0.581. The molecule has 2 unspecified atom stereocenters. The van der Waals surface area contributed by atoms with E-state index in [0.29, 0.717) is 13.1 Å². The van der Waals surface area contributed by atoms with Crippen LogP contribution in [0.3, 0.4) is 0 Å². The maximum Gasteiger partial charge on any atom is 0.236 e. The van der Waals surface area contributed by atoms with Gasteiger partial charge in [-0.05, 0) is 20.3 Å². The molecule has 1 amide bonds. The number of hydrogen-bond donors (Lipinski definition) is 3. The second kappa shape index (κ2) is 6.80. The predicted octanol–water partition coefficient (Wildman–Crippen LogP) is 0.509. The van der Waals surface area contributed by atoms with Gasteiger partial charge in [-0.3, -0.25) is 4.79 Å². The summed E-state index contributed by atoms with van der Waals surface area (Å²) in [6.45, 7) is 9.21. The van der Waals surface area contributed by atoms with E-state index < -0.39 is 0 Å². The molecule has 4 heteroatoms. The summed E-state index contributed by atoms with van der Waals surface area (Å²) in [6.07, 6.45) is 0.888. The van der Waals surface area contributed by atoms with E-state index in [1.54, 1.807) is 0 Å². The number of nitrogens with one attached hydrogen (secondary N) is 2. The van der Waals surface area contributed by atoms with Crippen molar-refractivity contribution in [3.8, 4) is 0 Å². The van der Waals surface area contributed by atoms with E-state index in [4.69, 9.17) is 0 Å². The van der Waals surface area contributed by atoms with Crippen LogP contribution in [-0.2, 0) is 4.79 Å².